The lowest BCUT2D eigenvalue weighted by Gasteiger charge is -2.37. The minimum Gasteiger partial charge on any atom is -0.379 e. The first kappa shape index (κ1) is 13.5. The largest absolute Gasteiger partial charge is 0.379 e. The number of hydrazine groups is 1. The van der Waals surface area contributed by atoms with Crippen LogP contribution in [0.2, 0.25) is 0 Å². The van der Waals surface area contributed by atoms with Gasteiger partial charge in [-0.3, -0.25) is 5.43 Å². The molecule has 3 rings (SSSR count). The fourth-order valence-electron chi connectivity index (χ4n) is 2.68. The van der Waals surface area contributed by atoms with Crippen LogP contribution in [0.1, 0.15) is 13.3 Å². The maximum Gasteiger partial charge on any atom is 0.240 e. The first-order valence-electron chi connectivity index (χ1n) is 6.72. The molecule has 1 fully saturated rings. The van der Waals surface area contributed by atoms with E-state index < -0.39 is 0 Å². The Bertz CT molecular complexity index is 601. The van der Waals surface area contributed by atoms with Crippen molar-refractivity contribution in [1.82, 2.24) is 9.97 Å². The summed E-state index contributed by atoms with van der Waals surface area (Å²) in [6.45, 7) is 4.06. The molecule has 0 saturated carbocycles. The summed E-state index contributed by atoms with van der Waals surface area (Å²) in [5, 5.41) is 3.11. The van der Waals surface area contributed by atoms with Crippen LogP contribution in [0.3, 0.4) is 0 Å². The third-order valence-electron chi connectivity index (χ3n) is 3.93. The van der Waals surface area contributed by atoms with E-state index in [1.807, 2.05) is 5.38 Å². The van der Waals surface area contributed by atoms with Crippen LogP contribution in [0.15, 0.2) is 11.4 Å². The van der Waals surface area contributed by atoms with Gasteiger partial charge in [0.2, 0.25) is 5.95 Å². The number of rotatable bonds is 3. The van der Waals surface area contributed by atoms with Gasteiger partial charge < -0.3 is 9.64 Å². The molecule has 6 nitrogen and oxygen atoms in total. The molecule has 0 radical (unpaired) electrons. The number of piperidine rings is 1. The Morgan fingerprint density at radius 1 is 1.50 bits per heavy atom. The summed E-state index contributed by atoms with van der Waals surface area (Å²) in [5.74, 6) is 7.45. The summed E-state index contributed by atoms with van der Waals surface area (Å²) in [6.07, 6.45) is 1.33. The zero-order valence-electron chi connectivity index (χ0n) is 11.7. The number of fused-ring (bicyclic) bond motifs is 1. The van der Waals surface area contributed by atoms with Crippen molar-refractivity contribution in [2.24, 2.45) is 11.8 Å². The van der Waals surface area contributed by atoms with Crippen molar-refractivity contribution in [3.63, 3.8) is 0 Å². The number of nitrogens with zero attached hydrogens (tertiary/aromatic N) is 3. The molecule has 0 bridgehead atoms. The number of hydrogen-bond donors (Lipinski definition) is 2. The van der Waals surface area contributed by atoms with Gasteiger partial charge in [0.15, 0.2) is 0 Å². The molecular weight excluding hydrogens is 274 g/mol. The molecule has 1 aliphatic rings. The summed E-state index contributed by atoms with van der Waals surface area (Å²) >= 11 is 1.60. The van der Waals surface area contributed by atoms with Crippen molar-refractivity contribution in [1.29, 1.82) is 0 Å². The standard InChI is InChI=1S/C13H19N5OS/c1-8-3-5-18(7-10(8)19-2)11-9-4-6-20-12(9)16-13(15-11)17-14/h4,6,8,10H,3,5,7,14H2,1-2H3,(H,15,16,17). The summed E-state index contributed by atoms with van der Waals surface area (Å²) in [6, 6.07) is 2.06. The van der Waals surface area contributed by atoms with Crippen LogP contribution in [-0.4, -0.2) is 36.3 Å². The van der Waals surface area contributed by atoms with E-state index in [1.54, 1.807) is 18.4 Å². The molecule has 2 aromatic heterocycles. The van der Waals surface area contributed by atoms with Gasteiger partial charge >= 0.3 is 0 Å². The van der Waals surface area contributed by atoms with E-state index in [-0.39, 0.29) is 6.10 Å². The lowest BCUT2D eigenvalue weighted by atomic mass is 9.96. The Labute approximate surface area is 121 Å². The van der Waals surface area contributed by atoms with Crippen molar-refractivity contribution >= 4 is 33.3 Å². The molecule has 108 valence electrons. The molecule has 2 atom stereocenters. The van der Waals surface area contributed by atoms with E-state index in [2.05, 4.69) is 33.3 Å². The minimum atomic E-state index is 0.238. The first-order chi connectivity index (χ1) is 9.72. The van der Waals surface area contributed by atoms with Gasteiger partial charge in [-0.1, -0.05) is 6.92 Å². The summed E-state index contributed by atoms with van der Waals surface area (Å²) in [7, 11) is 1.78. The van der Waals surface area contributed by atoms with Gasteiger partial charge in [-0.05, 0) is 23.8 Å². The molecular formula is C13H19N5OS. The van der Waals surface area contributed by atoms with Gasteiger partial charge in [-0.2, -0.15) is 4.98 Å². The number of methoxy groups -OCH3 is 1. The monoisotopic (exact) mass is 293 g/mol. The number of nitrogens with one attached hydrogen (secondary N) is 1. The summed E-state index contributed by atoms with van der Waals surface area (Å²) < 4.78 is 5.58. The van der Waals surface area contributed by atoms with E-state index in [1.165, 1.54) is 0 Å². The fourth-order valence-corrected chi connectivity index (χ4v) is 3.44. The lowest BCUT2D eigenvalue weighted by Crippen LogP contribution is -2.44. The van der Waals surface area contributed by atoms with Crippen molar-refractivity contribution in [2.75, 3.05) is 30.5 Å². The number of thiophene rings is 1. The van der Waals surface area contributed by atoms with Crippen molar-refractivity contribution in [2.45, 2.75) is 19.4 Å². The molecule has 3 N–H and O–H groups in total. The minimum absolute atomic E-state index is 0.238. The first-order valence-corrected chi connectivity index (χ1v) is 7.60. The van der Waals surface area contributed by atoms with Crippen LogP contribution in [0.25, 0.3) is 10.2 Å². The maximum absolute atomic E-state index is 5.58. The molecule has 2 aromatic rings. The van der Waals surface area contributed by atoms with Gasteiger partial charge in [0.25, 0.3) is 0 Å². The van der Waals surface area contributed by atoms with Crippen molar-refractivity contribution < 1.29 is 4.74 Å². The van der Waals surface area contributed by atoms with E-state index in [0.717, 1.165) is 35.5 Å². The van der Waals surface area contributed by atoms with E-state index in [9.17, 15) is 0 Å². The Balaban J connectivity index is 1.98. The number of nitrogen functional groups attached to an aromatic ring is 1. The Hall–Kier alpha value is -1.44. The van der Waals surface area contributed by atoms with Crippen molar-refractivity contribution in [3.05, 3.63) is 11.4 Å². The second-order valence-corrected chi connectivity index (χ2v) is 6.04. The smallest absolute Gasteiger partial charge is 0.240 e. The maximum atomic E-state index is 5.58. The molecule has 3 heterocycles. The number of nitrogens with two attached hydrogens (primary N) is 1. The second-order valence-electron chi connectivity index (χ2n) is 5.14. The predicted octanol–water partition coefficient (Wildman–Crippen LogP) is 1.84. The molecule has 7 heteroatoms. The van der Waals surface area contributed by atoms with E-state index in [4.69, 9.17) is 10.6 Å². The number of hydrogen-bond acceptors (Lipinski definition) is 7. The van der Waals surface area contributed by atoms with Crippen LogP contribution in [0, 0.1) is 5.92 Å². The average Bonchev–Trinajstić information content (AvgIpc) is 2.95. The molecule has 0 spiro atoms. The Morgan fingerprint density at radius 2 is 2.35 bits per heavy atom. The molecule has 0 aromatic carbocycles. The topological polar surface area (TPSA) is 76.3 Å². The van der Waals surface area contributed by atoms with Crippen LogP contribution in [0.5, 0.6) is 0 Å². The molecule has 20 heavy (non-hydrogen) atoms. The highest BCUT2D eigenvalue weighted by Crippen LogP contribution is 2.32. The van der Waals surface area contributed by atoms with Crippen LogP contribution in [0.4, 0.5) is 11.8 Å². The number of ether oxygens (including phenoxy) is 1. The third-order valence-corrected chi connectivity index (χ3v) is 4.73. The van der Waals surface area contributed by atoms with Gasteiger partial charge in [0.1, 0.15) is 10.6 Å². The van der Waals surface area contributed by atoms with Crippen molar-refractivity contribution in [3.8, 4) is 0 Å². The zero-order chi connectivity index (χ0) is 14.1. The van der Waals surface area contributed by atoms with Crippen LogP contribution < -0.4 is 16.2 Å². The third kappa shape index (κ3) is 2.32. The fraction of sp³-hybridized carbons (Fsp3) is 0.538. The summed E-state index contributed by atoms with van der Waals surface area (Å²) in [4.78, 5) is 12.1. The zero-order valence-corrected chi connectivity index (χ0v) is 12.5. The predicted molar refractivity (Wildman–Crippen MR) is 82.0 cm³/mol. The Kier molecular flexibility index (Phi) is 3.73. The number of anilines is 2. The van der Waals surface area contributed by atoms with Crippen LogP contribution in [-0.2, 0) is 4.74 Å². The SMILES string of the molecule is COC1CN(c2nc(NN)nc3sccc23)CCC1C. The average molecular weight is 293 g/mol. The summed E-state index contributed by atoms with van der Waals surface area (Å²) in [5.41, 5.74) is 2.55. The highest BCUT2D eigenvalue weighted by molar-refractivity contribution is 7.16. The molecule has 2 unspecified atom stereocenters. The number of aromatic nitrogens is 2. The quantitative estimate of drug-likeness (QED) is 0.664. The van der Waals surface area contributed by atoms with Gasteiger partial charge in [0, 0.05) is 20.2 Å². The van der Waals surface area contributed by atoms with Crippen LogP contribution >= 0.6 is 11.3 Å². The van der Waals surface area contributed by atoms with E-state index in [0.29, 0.717) is 11.9 Å². The molecule has 0 aliphatic carbocycles. The highest BCUT2D eigenvalue weighted by atomic mass is 32.1. The molecule has 1 saturated heterocycles. The molecule has 1 aliphatic heterocycles. The van der Waals surface area contributed by atoms with Gasteiger partial charge in [-0.15, -0.1) is 11.3 Å². The lowest BCUT2D eigenvalue weighted by molar-refractivity contribution is 0.0497. The van der Waals surface area contributed by atoms with E-state index >= 15 is 0 Å². The Morgan fingerprint density at radius 3 is 3.10 bits per heavy atom. The second kappa shape index (κ2) is 5.51. The molecule has 0 amide bonds. The normalized spacial score (nSPS) is 23.2. The van der Waals surface area contributed by atoms with Gasteiger partial charge in [-0.25, -0.2) is 10.8 Å². The van der Waals surface area contributed by atoms with Gasteiger partial charge in [0.05, 0.1) is 11.5 Å². The highest BCUT2D eigenvalue weighted by Gasteiger charge is 2.28.